The molecule has 0 saturated heterocycles. The number of hydrogen-bond donors (Lipinski definition) is 1. The normalized spacial score (nSPS) is 14.8. The smallest absolute Gasteiger partial charge is 0.224 e. The quantitative estimate of drug-likeness (QED) is 0.541. The third kappa shape index (κ3) is 3.34. The van der Waals surface area contributed by atoms with E-state index in [0.717, 1.165) is 12.2 Å². The molecule has 0 spiro atoms. The fourth-order valence-electron chi connectivity index (χ4n) is 1.05. The highest BCUT2D eigenvalue weighted by atomic mass is 16.2. The van der Waals surface area contributed by atoms with Crippen molar-refractivity contribution in [2.45, 2.75) is 12.8 Å². The lowest BCUT2D eigenvalue weighted by Gasteiger charge is -2.07. The molecule has 1 aliphatic rings. The van der Waals surface area contributed by atoms with E-state index < -0.39 is 0 Å². The molecule has 0 atom stereocenters. The van der Waals surface area contributed by atoms with Crippen LogP contribution in [-0.2, 0) is 14.4 Å². The first-order valence-electron chi connectivity index (χ1n) is 4.52. The maximum atomic E-state index is 11.2. The zero-order valence-electron chi connectivity index (χ0n) is 8.16. The van der Waals surface area contributed by atoms with E-state index in [9.17, 15) is 14.4 Å². The molecule has 4 heteroatoms. The van der Waals surface area contributed by atoms with Crippen LogP contribution in [0.4, 0.5) is 0 Å². The summed E-state index contributed by atoms with van der Waals surface area (Å²) in [5.41, 5.74) is 0.0385. The average Bonchev–Trinajstić information content (AvgIpc) is 2.20. The van der Waals surface area contributed by atoms with Gasteiger partial charge in [-0.2, -0.15) is 0 Å². The van der Waals surface area contributed by atoms with Crippen LogP contribution in [0, 0.1) is 0 Å². The number of ketones is 2. The van der Waals surface area contributed by atoms with Gasteiger partial charge in [-0.25, -0.2) is 0 Å². The monoisotopic (exact) mass is 205 g/mol. The van der Waals surface area contributed by atoms with Crippen LogP contribution >= 0.6 is 0 Å². The van der Waals surface area contributed by atoms with Crippen molar-refractivity contribution in [3.05, 3.63) is 36.6 Å². The second kappa shape index (κ2) is 5.05. The summed E-state index contributed by atoms with van der Waals surface area (Å²) >= 11 is 0. The predicted molar refractivity (Wildman–Crippen MR) is 54.8 cm³/mol. The molecule has 0 heterocycles. The lowest BCUT2D eigenvalue weighted by Crippen LogP contribution is -2.28. The van der Waals surface area contributed by atoms with Crippen LogP contribution in [0.2, 0.25) is 0 Å². The first-order valence-corrected chi connectivity index (χ1v) is 4.52. The highest BCUT2D eigenvalue weighted by molar-refractivity contribution is 6.18. The van der Waals surface area contributed by atoms with Crippen LogP contribution < -0.4 is 5.32 Å². The average molecular weight is 205 g/mol. The summed E-state index contributed by atoms with van der Waals surface area (Å²) in [6, 6.07) is 0. The molecule has 0 unspecified atom stereocenters. The SMILES string of the molecule is C=CCCC(=O)NC1=CC(=O)C=CC1=O. The van der Waals surface area contributed by atoms with Gasteiger partial charge in [0.05, 0.1) is 5.70 Å². The molecule has 15 heavy (non-hydrogen) atoms. The van der Waals surface area contributed by atoms with Crippen LogP contribution in [0.25, 0.3) is 0 Å². The van der Waals surface area contributed by atoms with Crippen LogP contribution in [0.5, 0.6) is 0 Å². The van der Waals surface area contributed by atoms with E-state index in [1.807, 2.05) is 0 Å². The van der Waals surface area contributed by atoms with Gasteiger partial charge < -0.3 is 5.32 Å². The topological polar surface area (TPSA) is 63.2 Å². The number of carbonyl (C=O) groups excluding carboxylic acids is 3. The molecular weight excluding hydrogens is 194 g/mol. The van der Waals surface area contributed by atoms with E-state index in [1.165, 1.54) is 6.08 Å². The predicted octanol–water partition coefficient (Wildman–Crippen LogP) is 0.661. The van der Waals surface area contributed by atoms with Crippen LogP contribution in [0.1, 0.15) is 12.8 Å². The van der Waals surface area contributed by atoms with Crippen molar-refractivity contribution in [3.63, 3.8) is 0 Å². The molecule has 1 N–H and O–H groups in total. The summed E-state index contributed by atoms with van der Waals surface area (Å²) in [5.74, 6) is -0.951. The fraction of sp³-hybridized carbons (Fsp3) is 0.182. The molecule has 4 nitrogen and oxygen atoms in total. The van der Waals surface area contributed by atoms with Gasteiger partial charge >= 0.3 is 0 Å². The Hall–Kier alpha value is -1.97. The minimum absolute atomic E-state index is 0.0385. The van der Waals surface area contributed by atoms with E-state index in [2.05, 4.69) is 11.9 Å². The van der Waals surface area contributed by atoms with Crippen LogP contribution in [-0.4, -0.2) is 17.5 Å². The van der Waals surface area contributed by atoms with Crippen molar-refractivity contribution in [3.8, 4) is 0 Å². The Morgan fingerprint density at radius 1 is 1.40 bits per heavy atom. The first kappa shape index (κ1) is 11.1. The van der Waals surface area contributed by atoms with Gasteiger partial charge in [0.1, 0.15) is 0 Å². The van der Waals surface area contributed by atoms with E-state index >= 15 is 0 Å². The molecule has 0 aromatic heterocycles. The van der Waals surface area contributed by atoms with Crippen molar-refractivity contribution in [1.82, 2.24) is 5.32 Å². The molecule has 1 amide bonds. The highest BCUT2D eigenvalue weighted by Crippen LogP contribution is 2.02. The molecule has 0 radical (unpaired) electrons. The number of carbonyl (C=O) groups is 3. The summed E-state index contributed by atoms with van der Waals surface area (Å²) in [7, 11) is 0. The summed E-state index contributed by atoms with van der Waals surface area (Å²) in [4.78, 5) is 33.4. The maximum absolute atomic E-state index is 11.2. The Balaban J connectivity index is 2.57. The molecule has 1 aliphatic carbocycles. The number of rotatable bonds is 4. The molecule has 0 bridgehead atoms. The van der Waals surface area contributed by atoms with Crippen LogP contribution in [0.3, 0.4) is 0 Å². The van der Waals surface area contributed by atoms with E-state index in [1.54, 1.807) is 6.08 Å². The van der Waals surface area contributed by atoms with Gasteiger partial charge in [0.25, 0.3) is 0 Å². The van der Waals surface area contributed by atoms with E-state index in [0.29, 0.717) is 6.42 Å². The van der Waals surface area contributed by atoms with Crippen molar-refractivity contribution in [1.29, 1.82) is 0 Å². The second-order valence-corrected chi connectivity index (χ2v) is 3.03. The largest absolute Gasteiger partial charge is 0.323 e. The molecule has 0 aromatic rings. The van der Waals surface area contributed by atoms with Gasteiger partial charge in [0.15, 0.2) is 5.78 Å². The Bertz CT molecular complexity index is 377. The number of allylic oxidation sites excluding steroid dienone is 4. The minimum atomic E-state index is -0.360. The van der Waals surface area contributed by atoms with Gasteiger partial charge in [-0.05, 0) is 18.6 Å². The molecular formula is C11H11NO3. The standard InChI is InChI=1S/C11H11NO3/c1-2-3-4-11(15)12-9-7-8(13)5-6-10(9)14/h2,5-7H,1,3-4H2,(H,12,15). The molecule has 0 aliphatic heterocycles. The third-order valence-electron chi connectivity index (χ3n) is 1.80. The zero-order valence-corrected chi connectivity index (χ0v) is 8.16. The molecule has 1 rings (SSSR count). The third-order valence-corrected chi connectivity index (χ3v) is 1.80. The van der Waals surface area contributed by atoms with Gasteiger partial charge in [0.2, 0.25) is 11.7 Å². The van der Waals surface area contributed by atoms with Gasteiger partial charge in [-0.15, -0.1) is 6.58 Å². The molecule has 0 fully saturated rings. The number of amides is 1. The fourth-order valence-corrected chi connectivity index (χ4v) is 1.05. The van der Waals surface area contributed by atoms with Crippen molar-refractivity contribution in [2.75, 3.05) is 0 Å². The maximum Gasteiger partial charge on any atom is 0.224 e. The zero-order chi connectivity index (χ0) is 11.3. The van der Waals surface area contributed by atoms with Crippen LogP contribution in [0.15, 0.2) is 36.6 Å². The number of hydrogen-bond acceptors (Lipinski definition) is 3. The Labute approximate surface area is 87.3 Å². The second-order valence-electron chi connectivity index (χ2n) is 3.03. The molecule has 0 aromatic carbocycles. The Morgan fingerprint density at radius 2 is 2.13 bits per heavy atom. The number of nitrogens with one attached hydrogen (secondary N) is 1. The molecule has 78 valence electrons. The van der Waals surface area contributed by atoms with Gasteiger partial charge in [-0.1, -0.05) is 6.08 Å². The van der Waals surface area contributed by atoms with Gasteiger partial charge in [-0.3, -0.25) is 14.4 Å². The van der Waals surface area contributed by atoms with E-state index in [4.69, 9.17) is 0 Å². The molecule has 0 saturated carbocycles. The minimum Gasteiger partial charge on any atom is -0.323 e. The van der Waals surface area contributed by atoms with Crippen molar-refractivity contribution >= 4 is 17.5 Å². The Morgan fingerprint density at radius 3 is 2.80 bits per heavy atom. The summed E-state index contributed by atoms with van der Waals surface area (Å²) < 4.78 is 0. The highest BCUT2D eigenvalue weighted by Gasteiger charge is 2.14. The summed E-state index contributed by atoms with van der Waals surface area (Å²) in [5, 5.41) is 2.39. The van der Waals surface area contributed by atoms with Gasteiger partial charge in [0, 0.05) is 12.5 Å². The first-order chi connectivity index (χ1) is 7.13. The summed E-state index contributed by atoms with van der Waals surface area (Å²) in [6.45, 7) is 3.48. The summed E-state index contributed by atoms with van der Waals surface area (Å²) in [6.07, 6.45) is 5.84. The lowest BCUT2D eigenvalue weighted by atomic mass is 10.1. The Kier molecular flexibility index (Phi) is 3.74. The van der Waals surface area contributed by atoms with Crippen molar-refractivity contribution < 1.29 is 14.4 Å². The van der Waals surface area contributed by atoms with Crippen molar-refractivity contribution in [2.24, 2.45) is 0 Å². The van der Waals surface area contributed by atoms with E-state index in [-0.39, 0.29) is 29.6 Å². The lowest BCUT2D eigenvalue weighted by molar-refractivity contribution is -0.122.